The standard InChI is InChI=1S/C27H23N5O2S/c1-2-34-22-14-12-21(13-15-22)32-26(20-9-6-16-28-17-20)30-31-27(32)35-18-25(33)29-24-11-5-8-19-7-3-4-10-23(19)24/h3-17H,2,18H2,1H3,(H,29,33). The van der Waals surface area contributed by atoms with Gasteiger partial charge in [0.05, 0.1) is 12.4 Å². The monoisotopic (exact) mass is 481 g/mol. The first-order valence-corrected chi connectivity index (χ1v) is 12.2. The normalized spacial score (nSPS) is 10.9. The van der Waals surface area contributed by atoms with Gasteiger partial charge in [-0.05, 0) is 54.8 Å². The Labute approximate surface area is 207 Å². The predicted molar refractivity (Wildman–Crippen MR) is 139 cm³/mol. The smallest absolute Gasteiger partial charge is 0.234 e. The molecule has 0 atom stereocenters. The molecule has 0 radical (unpaired) electrons. The molecule has 0 unspecified atom stereocenters. The number of aromatic nitrogens is 4. The van der Waals surface area contributed by atoms with Crippen molar-refractivity contribution in [3.05, 3.63) is 91.3 Å². The van der Waals surface area contributed by atoms with Crippen LogP contribution in [-0.2, 0) is 4.79 Å². The van der Waals surface area contributed by atoms with E-state index in [1.165, 1.54) is 11.8 Å². The molecular weight excluding hydrogens is 458 g/mol. The number of anilines is 1. The molecule has 3 aromatic carbocycles. The van der Waals surface area contributed by atoms with Gasteiger partial charge in [-0.25, -0.2) is 0 Å². The van der Waals surface area contributed by atoms with E-state index >= 15 is 0 Å². The van der Waals surface area contributed by atoms with Crippen LogP contribution < -0.4 is 10.1 Å². The number of hydrogen-bond donors (Lipinski definition) is 1. The minimum absolute atomic E-state index is 0.115. The molecule has 5 aromatic rings. The molecule has 7 nitrogen and oxygen atoms in total. The number of nitrogens with zero attached hydrogens (tertiary/aromatic N) is 4. The largest absolute Gasteiger partial charge is 0.494 e. The van der Waals surface area contributed by atoms with Crippen molar-refractivity contribution in [2.24, 2.45) is 0 Å². The van der Waals surface area contributed by atoms with Gasteiger partial charge in [0.2, 0.25) is 5.91 Å². The highest BCUT2D eigenvalue weighted by molar-refractivity contribution is 7.99. The molecule has 174 valence electrons. The molecule has 1 amide bonds. The number of benzene rings is 3. The summed E-state index contributed by atoms with van der Waals surface area (Å²) in [5, 5.41) is 14.5. The predicted octanol–water partition coefficient (Wildman–Crippen LogP) is 5.61. The van der Waals surface area contributed by atoms with Gasteiger partial charge >= 0.3 is 0 Å². The molecule has 0 fully saturated rings. The van der Waals surface area contributed by atoms with Crippen molar-refractivity contribution in [2.45, 2.75) is 12.1 Å². The Morgan fingerprint density at radius 3 is 2.60 bits per heavy atom. The Hall–Kier alpha value is -4.17. The Balaban J connectivity index is 1.40. The van der Waals surface area contributed by atoms with Gasteiger partial charge in [-0.15, -0.1) is 10.2 Å². The fourth-order valence-corrected chi connectivity index (χ4v) is 4.54. The molecule has 0 aliphatic rings. The summed E-state index contributed by atoms with van der Waals surface area (Å²) in [7, 11) is 0. The molecule has 5 rings (SSSR count). The van der Waals surface area contributed by atoms with Gasteiger partial charge in [0.1, 0.15) is 5.75 Å². The quantitative estimate of drug-likeness (QED) is 0.290. The lowest BCUT2D eigenvalue weighted by atomic mass is 10.1. The number of carbonyl (C=O) groups excluding carboxylic acids is 1. The van der Waals surface area contributed by atoms with Crippen LogP contribution in [0.5, 0.6) is 5.75 Å². The van der Waals surface area contributed by atoms with Gasteiger partial charge in [0.25, 0.3) is 0 Å². The first kappa shape index (κ1) is 22.6. The van der Waals surface area contributed by atoms with Crippen molar-refractivity contribution in [2.75, 3.05) is 17.7 Å². The highest BCUT2D eigenvalue weighted by Gasteiger charge is 2.18. The number of carbonyl (C=O) groups is 1. The summed E-state index contributed by atoms with van der Waals surface area (Å²) in [6.45, 7) is 2.55. The molecule has 0 spiro atoms. The third-order valence-electron chi connectivity index (χ3n) is 5.36. The maximum Gasteiger partial charge on any atom is 0.234 e. The molecule has 2 aromatic heterocycles. The molecule has 8 heteroatoms. The van der Waals surface area contributed by atoms with E-state index in [0.29, 0.717) is 17.6 Å². The zero-order valence-electron chi connectivity index (χ0n) is 19.1. The van der Waals surface area contributed by atoms with Crippen LogP contribution in [0.1, 0.15) is 6.92 Å². The molecule has 0 aliphatic carbocycles. The van der Waals surface area contributed by atoms with Crippen LogP contribution >= 0.6 is 11.8 Å². The van der Waals surface area contributed by atoms with Gasteiger partial charge in [-0.1, -0.05) is 48.2 Å². The van der Waals surface area contributed by atoms with Gasteiger partial charge in [-0.3, -0.25) is 14.3 Å². The number of pyridine rings is 1. The summed E-state index contributed by atoms with van der Waals surface area (Å²) in [6.07, 6.45) is 3.46. The van der Waals surface area contributed by atoms with Gasteiger partial charge in [0, 0.05) is 34.7 Å². The third-order valence-corrected chi connectivity index (χ3v) is 6.28. The summed E-state index contributed by atoms with van der Waals surface area (Å²) >= 11 is 1.33. The fourth-order valence-electron chi connectivity index (χ4n) is 3.79. The van der Waals surface area contributed by atoms with E-state index in [-0.39, 0.29) is 11.7 Å². The van der Waals surface area contributed by atoms with Crippen molar-refractivity contribution >= 4 is 34.1 Å². The maximum atomic E-state index is 12.9. The Morgan fingerprint density at radius 2 is 1.80 bits per heavy atom. The van der Waals surface area contributed by atoms with E-state index in [9.17, 15) is 4.79 Å². The average molecular weight is 482 g/mol. The summed E-state index contributed by atoms with van der Waals surface area (Å²) in [6, 6.07) is 25.4. The number of ether oxygens (including phenoxy) is 1. The number of fused-ring (bicyclic) bond motifs is 1. The van der Waals surface area contributed by atoms with E-state index < -0.39 is 0 Å². The molecule has 0 aliphatic heterocycles. The number of hydrogen-bond acceptors (Lipinski definition) is 6. The zero-order chi connectivity index (χ0) is 24.0. The van der Waals surface area contributed by atoms with E-state index in [1.54, 1.807) is 12.4 Å². The maximum absolute atomic E-state index is 12.9. The summed E-state index contributed by atoms with van der Waals surface area (Å²) in [4.78, 5) is 17.1. The Morgan fingerprint density at radius 1 is 0.971 bits per heavy atom. The molecule has 35 heavy (non-hydrogen) atoms. The molecule has 1 N–H and O–H groups in total. The van der Waals surface area contributed by atoms with Crippen LogP contribution in [0, 0.1) is 0 Å². The van der Waals surface area contributed by atoms with Crippen molar-refractivity contribution in [1.82, 2.24) is 19.7 Å². The van der Waals surface area contributed by atoms with Gasteiger partial charge in [-0.2, -0.15) is 0 Å². The van der Waals surface area contributed by atoms with Crippen molar-refractivity contribution in [3.8, 4) is 22.8 Å². The Bertz CT molecular complexity index is 1450. The van der Waals surface area contributed by atoms with Crippen molar-refractivity contribution < 1.29 is 9.53 Å². The second kappa shape index (κ2) is 10.4. The second-order valence-corrected chi connectivity index (χ2v) is 8.62. The first-order valence-electron chi connectivity index (χ1n) is 11.2. The van der Waals surface area contributed by atoms with E-state index in [0.717, 1.165) is 33.5 Å². The number of thioether (sulfide) groups is 1. The minimum Gasteiger partial charge on any atom is -0.494 e. The highest BCUT2D eigenvalue weighted by atomic mass is 32.2. The summed E-state index contributed by atoms with van der Waals surface area (Å²) in [5.74, 6) is 1.51. The lowest BCUT2D eigenvalue weighted by Crippen LogP contribution is -2.14. The lowest BCUT2D eigenvalue weighted by molar-refractivity contribution is -0.113. The van der Waals surface area contributed by atoms with Crippen LogP contribution in [0.4, 0.5) is 5.69 Å². The van der Waals surface area contributed by atoms with E-state index in [4.69, 9.17) is 4.74 Å². The molecule has 0 saturated heterocycles. The minimum atomic E-state index is -0.115. The summed E-state index contributed by atoms with van der Waals surface area (Å²) < 4.78 is 7.51. The summed E-state index contributed by atoms with van der Waals surface area (Å²) in [5.41, 5.74) is 2.49. The number of amides is 1. The lowest BCUT2D eigenvalue weighted by Gasteiger charge is -2.12. The van der Waals surface area contributed by atoms with Crippen LogP contribution in [0.3, 0.4) is 0 Å². The van der Waals surface area contributed by atoms with Crippen LogP contribution in [-0.4, -0.2) is 38.0 Å². The van der Waals surface area contributed by atoms with Gasteiger partial charge in [0.15, 0.2) is 11.0 Å². The zero-order valence-corrected chi connectivity index (χ0v) is 19.9. The SMILES string of the molecule is CCOc1ccc(-n2c(SCC(=O)Nc3cccc4ccccc34)nnc2-c2cccnc2)cc1. The third kappa shape index (κ3) is 5.02. The highest BCUT2D eigenvalue weighted by Crippen LogP contribution is 2.29. The fraction of sp³-hybridized carbons (Fsp3) is 0.111. The van der Waals surface area contributed by atoms with Crippen LogP contribution in [0.15, 0.2) is 96.4 Å². The van der Waals surface area contributed by atoms with E-state index in [2.05, 4.69) is 20.5 Å². The molecule has 0 saturated carbocycles. The van der Waals surface area contributed by atoms with Crippen molar-refractivity contribution in [1.29, 1.82) is 0 Å². The molecular formula is C27H23N5O2S. The first-order chi connectivity index (χ1) is 17.2. The second-order valence-electron chi connectivity index (χ2n) is 7.67. The van der Waals surface area contributed by atoms with E-state index in [1.807, 2.05) is 90.4 Å². The van der Waals surface area contributed by atoms with Crippen molar-refractivity contribution in [3.63, 3.8) is 0 Å². The number of nitrogens with one attached hydrogen (secondary N) is 1. The number of rotatable bonds is 8. The topological polar surface area (TPSA) is 81.9 Å². The Kier molecular flexibility index (Phi) is 6.72. The van der Waals surface area contributed by atoms with Crippen LogP contribution in [0.25, 0.3) is 27.8 Å². The van der Waals surface area contributed by atoms with Gasteiger partial charge < -0.3 is 10.1 Å². The molecule has 2 heterocycles. The molecule has 0 bridgehead atoms. The average Bonchev–Trinajstić information content (AvgIpc) is 3.33. The van der Waals surface area contributed by atoms with Crippen LogP contribution in [0.2, 0.25) is 0 Å².